The summed E-state index contributed by atoms with van der Waals surface area (Å²) in [6, 6.07) is 5.71. The van der Waals surface area contributed by atoms with Crippen molar-refractivity contribution >= 4 is 23.3 Å². The van der Waals surface area contributed by atoms with Crippen LogP contribution in [0.5, 0.6) is 5.75 Å². The average molecular weight is 443 g/mol. The summed E-state index contributed by atoms with van der Waals surface area (Å²) >= 11 is 1.25. The Balaban J connectivity index is 1.71. The Morgan fingerprint density at radius 3 is 2.58 bits per heavy atom. The fourth-order valence-electron chi connectivity index (χ4n) is 3.28. The predicted octanol–water partition coefficient (Wildman–Crippen LogP) is 4.30. The first kappa shape index (κ1) is 22.5. The van der Waals surface area contributed by atoms with Gasteiger partial charge in [-0.05, 0) is 50.6 Å². The summed E-state index contributed by atoms with van der Waals surface area (Å²) < 4.78 is 20.5. The molecule has 0 saturated carbocycles. The van der Waals surface area contributed by atoms with Crippen LogP contribution in [0.25, 0.3) is 0 Å². The van der Waals surface area contributed by atoms with E-state index in [1.54, 1.807) is 19.9 Å². The molecular weight excluding hydrogens is 419 g/mol. The van der Waals surface area contributed by atoms with Gasteiger partial charge in [-0.1, -0.05) is 17.8 Å². The Bertz CT molecular complexity index is 1120. The number of thioether (sulfide) groups is 1. The van der Waals surface area contributed by atoms with E-state index in [1.807, 2.05) is 4.57 Å². The van der Waals surface area contributed by atoms with E-state index in [1.165, 1.54) is 43.0 Å². The zero-order valence-electron chi connectivity index (χ0n) is 17.6. The second-order valence-corrected chi connectivity index (χ2v) is 7.88. The molecule has 1 N–H and O–H groups in total. The number of hydrogen-bond acceptors (Lipinski definition) is 6. The SMILES string of the molecule is C=CCn1c(COc2ccc(F)cc2)nnc1SCC(=O)c1[nH]c(C)c(C(C)=O)c1C. The molecule has 162 valence electrons. The number of rotatable bonds is 10. The normalized spacial score (nSPS) is 10.8. The molecule has 0 unspecified atom stereocenters. The van der Waals surface area contributed by atoms with Crippen molar-refractivity contribution in [1.82, 2.24) is 19.7 Å². The van der Waals surface area contributed by atoms with E-state index >= 15 is 0 Å². The number of carbonyl (C=O) groups is 2. The molecule has 31 heavy (non-hydrogen) atoms. The first-order valence-electron chi connectivity index (χ1n) is 9.59. The number of ketones is 2. The standard InChI is InChI=1S/C22H23FN4O3S/c1-5-10-27-19(11-30-17-8-6-16(23)7-9-17)25-26-22(27)31-12-18(29)21-13(2)20(15(4)28)14(3)24-21/h5-9,24H,1,10-12H2,2-4H3. The fourth-order valence-corrected chi connectivity index (χ4v) is 4.12. The summed E-state index contributed by atoms with van der Waals surface area (Å²) in [4.78, 5) is 27.6. The molecule has 0 aliphatic carbocycles. The van der Waals surface area contributed by atoms with Gasteiger partial charge in [-0.2, -0.15) is 0 Å². The van der Waals surface area contributed by atoms with Crippen molar-refractivity contribution in [2.45, 2.75) is 39.1 Å². The van der Waals surface area contributed by atoms with Crippen molar-refractivity contribution in [2.24, 2.45) is 0 Å². The van der Waals surface area contributed by atoms with Gasteiger partial charge in [0.05, 0.1) is 11.4 Å². The highest BCUT2D eigenvalue weighted by Crippen LogP contribution is 2.23. The molecule has 0 radical (unpaired) electrons. The Hall–Kier alpha value is -3.20. The van der Waals surface area contributed by atoms with Crippen molar-refractivity contribution in [3.63, 3.8) is 0 Å². The largest absolute Gasteiger partial charge is 0.486 e. The third-order valence-corrected chi connectivity index (χ3v) is 5.65. The van der Waals surface area contributed by atoms with Crippen molar-refractivity contribution in [3.8, 4) is 5.75 Å². The Morgan fingerprint density at radius 2 is 1.97 bits per heavy atom. The molecule has 0 aliphatic heterocycles. The van der Waals surface area contributed by atoms with Gasteiger partial charge in [0.15, 0.2) is 22.5 Å². The van der Waals surface area contributed by atoms with Crippen LogP contribution in [0, 0.1) is 19.7 Å². The molecule has 0 amide bonds. The van der Waals surface area contributed by atoms with Crippen LogP contribution in [0.15, 0.2) is 42.1 Å². The minimum absolute atomic E-state index is 0.0746. The number of nitrogens with zero attached hydrogens (tertiary/aromatic N) is 3. The van der Waals surface area contributed by atoms with E-state index in [9.17, 15) is 14.0 Å². The number of benzene rings is 1. The number of allylic oxidation sites excluding steroid dienone is 1. The van der Waals surface area contributed by atoms with Crippen LogP contribution in [0.3, 0.4) is 0 Å². The lowest BCUT2D eigenvalue weighted by Gasteiger charge is -2.09. The first-order chi connectivity index (χ1) is 14.8. The highest BCUT2D eigenvalue weighted by molar-refractivity contribution is 7.99. The van der Waals surface area contributed by atoms with Gasteiger partial charge < -0.3 is 9.72 Å². The Labute approximate surface area is 183 Å². The van der Waals surface area contributed by atoms with Crippen LogP contribution in [0.1, 0.15) is 44.9 Å². The van der Waals surface area contributed by atoms with Gasteiger partial charge in [-0.15, -0.1) is 16.8 Å². The minimum Gasteiger partial charge on any atom is -0.486 e. The molecule has 2 aromatic heterocycles. The number of aromatic nitrogens is 4. The molecule has 0 atom stereocenters. The van der Waals surface area contributed by atoms with Crippen molar-refractivity contribution in [2.75, 3.05) is 5.75 Å². The van der Waals surface area contributed by atoms with Crippen LogP contribution in [0.2, 0.25) is 0 Å². The number of carbonyl (C=O) groups excluding carboxylic acids is 2. The lowest BCUT2D eigenvalue weighted by Crippen LogP contribution is -2.09. The van der Waals surface area contributed by atoms with Gasteiger partial charge in [0.1, 0.15) is 18.2 Å². The van der Waals surface area contributed by atoms with Gasteiger partial charge in [0, 0.05) is 17.8 Å². The van der Waals surface area contributed by atoms with Crippen LogP contribution in [-0.4, -0.2) is 37.1 Å². The molecule has 2 heterocycles. The third-order valence-electron chi connectivity index (χ3n) is 4.69. The Morgan fingerprint density at radius 1 is 1.26 bits per heavy atom. The lowest BCUT2D eigenvalue weighted by atomic mass is 10.1. The monoisotopic (exact) mass is 442 g/mol. The number of aryl methyl sites for hydroxylation is 1. The summed E-state index contributed by atoms with van der Waals surface area (Å²) in [5, 5.41) is 8.88. The molecule has 0 fully saturated rings. The second-order valence-electron chi connectivity index (χ2n) is 6.93. The smallest absolute Gasteiger partial charge is 0.192 e. The molecule has 0 aliphatic rings. The molecule has 7 nitrogen and oxygen atoms in total. The molecule has 3 aromatic rings. The first-order valence-corrected chi connectivity index (χ1v) is 10.6. The maximum Gasteiger partial charge on any atom is 0.192 e. The van der Waals surface area contributed by atoms with Gasteiger partial charge in [0.2, 0.25) is 0 Å². The highest BCUT2D eigenvalue weighted by Gasteiger charge is 2.21. The fraction of sp³-hybridized carbons (Fsp3) is 0.273. The quantitative estimate of drug-likeness (QED) is 0.286. The third kappa shape index (κ3) is 5.11. The van der Waals surface area contributed by atoms with E-state index in [4.69, 9.17) is 4.74 Å². The maximum atomic E-state index is 13.0. The van der Waals surface area contributed by atoms with E-state index in [0.717, 1.165) is 0 Å². The molecule has 0 spiro atoms. The summed E-state index contributed by atoms with van der Waals surface area (Å²) in [7, 11) is 0. The van der Waals surface area contributed by atoms with Crippen molar-refractivity contribution < 1.29 is 18.7 Å². The maximum absolute atomic E-state index is 13.0. The minimum atomic E-state index is -0.339. The van der Waals surface area contributed by atoms with E-state index < -0.39 is 0 Å². The van der Waals surface area contributed by atoms with Gasteiger partial charge in [-0.3, -0.25) is 14.2 Å². The number of Topliss-reactive ketones (excluding diaryl/α,β-unsaturated/α-hetero) is 2. The molecule has 0 saturated heterocycles. The summed E-state index contributed by atoms with van der Waals surface area (Å²) in [5.74, 6) is 0.660. The van der Waals surface area contributed by atoms with Crippen molar-refractivity contribution in [3.05, 3.63) is 71.1 Å². The zero-order valence-corrected chi connectivity index (χ0v) is 18.4. The van der Waals surface area contributed by atoms with E-state index in [-0.39, 0.29) is 29.7 Å². The van der Waals surface area contributed by atoms with Crippen LogP contribution in [0.4, 0.5) is 4.39 Å². The summed E-state index contributed by atoms with van der Waals surface area (Å²) in [5.41, 5.74) is 2.35. The Kier molecular flexibility index (Phi) is 7.06. The number of hydrogen-bond donors (Lipinski definition) is 1. The molecular formula is C22H23FN4O3S. The van der Waals surface area contributed by atoms with Crippen molar-refractivity contribution in [1.29, 1.82) is 0 Å². The summed E-state index contributed by atoms with van der Waals surface area (Å²) in [6.07, 6.45) is 1.70. The van der Waals surface area contributed by atoms with Crippen LogP contribution < -0.4 is 4.74 Å². The molecule has 1 aromatic carbocycles. The van der Waals surface area contributed by atoms with Crippen LogP contribution >= 0.6 is 11.8 Å². The highest BCUT2D eigenvalue weighted by atomic mass is 32.2. The number of H-pyrrole nitrogens is 1. The lowest BCUT2D eigenvalue weighted by molar-refractivity contribution is 0.101. The molecule has 3 rings (SSSR count). The molecule has 9 heteroatoms. The number of aromatic amines is 1. The molecule has 0 bridgehead atoms. The number of ether oxygens (including phenoxy) is 1. The number of halogens is 1. The second kappa shape index (κ2) is 9.74. The number of nitrogens with one attached hydrogen (secondary N) is 1. The predicted molar refractivity (Wildman–Crippen MR) is 116 cm³/mol. The van der Waals surface area contributed by atoms with Gasteiger partial charge in [-0.25, -0.2) is 4.39 Å². The van der Waals surface area contributed by atoms with E-state index in [2.05, 4.69) is 21.8 Å². The van der Waals surface area contributed by atoms with Gasteiger partial charge >= 0.3 is 0 Å². The zero-order chi connectivity index (χ0) is 22.5. The van der Waals surface area contributed by atoms with Crippen LogP contribution in [-0.2, 0) is 13.2 Å². The topological polar surface area (TPSA) is 89.9 Å². The van der Waals surface area contributed by atoms with Gasteiger partial charge in [0.25, 0.3) is 0 Å². The average Bonchev–Trinajstić information content (AvgIpc) is 3.25. The summed E-state index contributed by atoms with van der Waals surface area (Å²) in [6.45, 7) is 9.37. The van der Waals surface area contributed by atoms with E-state index in [0.29, 0.717) is 45.8 Å².